The van der Waals surface area contributed by atoms with Gasteiger partial charge in [-0.2, -0.15) is 0 Å². The molecule has 0 heterocycles. The highest BCUT2D eigenvalue weighted by molar-refractivity contribution is 6.40. The number of rotatable bonds is 11. The molecule has 0 aromatic heterocycles. The lowest BCUT2D eigenvalue weighted by Gasteiger charge is -2.16. The molecule has 0 radical (unpaired) electrons. The van der Waals surface area contributed by atoms with Gasteiger partial charge in [-0.1, -0.05) is 12.1 Å². The molecule has 0 aliphatic heterocycles. The van der Waals surface area contributed by atoms with Crippen molar-refractivity contribution in [3.05, 3.63) is 59.4 Å². The average Bonchev–Trinajstić information content (AvgIpc) is 2.73. The van der Waals surface area contributed by atoms with Gasteiger partial charge in [0.15, 0.2) is 12.6 Å². The molecule has 0 fully saturated rings. The normalized spacial score (nSPS) is 17.8. The van der Waals surface area contributed by atoms with Crippen molar-refractivity contribution in [1.82, 2.24) is 10.6 Å². The molecular weight excluding hydrogens is 413 g/mol. The van der Waals surface area contributed by atoms with Crippen molar-refractivity contribution >= 4 is 18.0 Å². The lowest BCUT2D eigenvalue weighted by Crippen LogP contribution is -2.44. The summed E-state index contributed by atoms with van der Waals surface area (Å²) in [5.74, 6) is -1.58. The van der Waals surface area contributed by atoms with Crippen molar-refractivity contribution in [2.75, 3.05) is 20.2 Å². The first-order valence-electron chi connectivity index (χ1n) is 9.68. The number of nitrogens with one attached hydrogen (secondary N) is 2. The summed E-state index contributed by atoms with van der Waals surface area (Å²) in [6.45, 7) is 0.250. The number of aliphatic imine (C=N–C) groups is 2. The van der Waals surface area contributed by atoms with E-state index in [1.807, 2.05) is 0 Å². The van der Waals surface area contributed by atoms with E-state index < -0.39 is 24.1 Å². The molecule has 168 valence electrons. The first kappa shape index (κ1) is 24.3. The van der Waals surface area contributed by atoms with Crippen molar-refractivity contribution in [2.24, 2.45) is 9.98 Å². The lowest BCUT2D eigenvalue weighted by atomic mass is 10.1. The van der Waals surface area contributed by atoms with Crippen molar-refractivity contribution in [3.63, 3.8) is 0 Å². The number of aliphatic hydroxyl groups excluding tert-OH is 1. The van der Waals surface area contributed by atoms with Crippen LogP contribution in [0, 0.1) is 5.82 Å². The number of amides is 1. The third-order valence-corrected chi connectivity index (χ3v) is 4.18. The van der Waals surface area contributed by atoms with Crippen molar-refractivity contribution in [3.8, 4) is 0 Å². The number of benzene rings is 1. The van der Waals surface area contributed by atoms with Gasteiger partial charge >= 0.3 is 0 Å². The van der Waals surface area contributed by atoms with Crippen LogP contribution in [0.2, 0.25) is 0 Å². The second kappa shape index (κ2) is 12.7. The Morgan fingerprint density at radius 1 is 1.35 bits per heavy atom. The van der Waals surface area contributed by atoms with Crippen LogP contribution in [-0.4, -0.2) is 55.7 Å². The van der Waals surface area contributed by atoms with E-state index >= 15 is 0 Å². The maximum Gasteiger partial charge on any atom is 0.268 e. The number of alkyl halides is 1. The SMILES string of the molecule is CNC(N=COC1=CC(F)=CC(F)C1)C(=NCc1ccc(F)cc1)C(=O)NCCCO. The Balaban J connectivity index is 2.14. The molecule has 0 spiro atoms. The summed E-state index contributed by atoms with van der Waals surface area (Å²) in [6, 6.07) is 5.67. The summed E-state index contributed by atoms with van der Waals surface area (Å²) in [4.78, 5) is 21.0. The van der Waals surface area contributed by atoms with Gasteiger partial charge in [0.25, 0.3) is 5.91 Å². The molecule has 31 heavy (non-hydrogen) atoms. The first-order valence-corrected chi connectivity index (χ1v) is 9.68. The van der Waals surface area contributed by atoms with E-state index in [1.54, 1.807) is 19.2 Å². The molecule has 1 amide bonds. The minimum Gasteiger partial charge on any atom is -0.450 e. The fourth-order valence-corrected chi connectivity index (χ4v) is 2.63. The topological polar surface area (TPSA) is 95.3 Å². The lowest BCUT2D eigenvalue weighted by molar-refractivity contribution is -0.115. The third kappa shape index (κ3) is 8.35. The van der Waals surface area contributed by atoms with Crippen LogP contribution in [-0.2, 0) is 16.1 Å². The van der Waals surface area contributed by atoms with E-state index in [9.17, 15) is 18.0 Å². The zero-order chi connectivity index (χ0) is 22.6. The standard InChI is InChI=1S/C21H25F3N4O3/c1-25-20(28-13-31-18-10-16(23)9-17(24)11-18)19(21(30)26-7-2-8-29)27-12-14-3-5-15(22)6-4-14/h3-6,9-10,13,17,20,25,29H,2,7-8,11-12H2,1H3,(H,26,30). The Morgan fingerprint density at radius 2 is 2.10 bits per heavy atom. The van der Waals surface area contributed by atoms with Crippen molar-refractivity contribution < 1.29 is 27.8 Å². The summed E-state index contributed by atoms with van der Waals surface area (Å²) in [5, 5.41) is 14.3. The summed E-state index contributed by atoms with van der Waals surface area (Å²) in [7, 11) is 1.55. The molecule has 0 bridgehead atoms. The molecule has 2 rings (SSSR count). The fourth-order valence-electron chi connectivity index (χ4n) is 2.63. The van der Waals surface area contributed by atoms with Crippen LogP contribution >= 0.6 is 0 Å². The molecule has 1 aliphatic carbocycles. The summed E-state index contributed by atoms with van der Waals surface area (Å²) >= 11 is 0. The Labute approximate surface area is 178 Å². The number of hydrogen-bond acceptors (Lipinski definition) is 6. The third-order valence-electron chi connectivity index (χ3n) is 4.18. The van der Waals surface area contributed by atoms with Gasteiger partial charge in [-0.25, -0.2) is 18.2 Å². The molecule has 0 saturated carbocycles. The highest BCUT2D eigenvalue weighted by atomic mass is 19.1. The summed E-state index contributed by atoms with van der Waals surface area (Å²) in [6.07, 6.45) is 0.729. The highest BCUT2D eigenvalue weighted by Gasteiger charge is 2.21. The number of ether oxygens (including phenoxy) is 1. The van der Waals surface area contributed by atoms with Gasteiger partial charge in [-0.05, 0) is 37.2 Å². The summed E-state index contributed by atoms with van der Waals surface area (Å²) in [5.41, 5.74) is 0.706. The second-order valence-electron chi connectivity index (χ2n) is 6.61. The summed E-state index contributed by atoms with van der Waals surface area (Å²) < 4.78 is 45.0. The molecule has 10 heteroatoms. The number of allylic oxidation sites excluding steroid dienone is 4. The van der Waals surface area contributed by atoms with Crippen LogP contribution in [0.15, 0.2) is 58.0 Å². The number of hydrogen-bond donors (Lipinski definition) is 3. The van der Waals surface area contributed by atoms with Crippen LogP contribution in [0.3, 0.4) is 0 Å². The molecule has 1 aromatic rings. The van der Waals surface area contributed by atoms with E-state index in [1.165, 1.54) is 12.1 Å². The maximum absolute atomic E-state index is 13.4. The second-order valence-corrected chi connectivity index (χ2v) is 6.61. The molecule has 0 saturated heterocycles. The number of aliphatic hydroxyl groups is 1. The van der Waals surface area contributed by atoms with Gasteiger partial charge in [-0.3, -0.25) is 15.1 Å². The predicted molar refractivity (Wildman–Crippen MR) is 111 cm³/mol. The molecule has 2 unspecified atom stereocenters. The van der Waals surface area contributed by atoms with Gasteiger partial charge < -0.3 is 15.2 Å². The van der Waals surface area contributed by atoms with Crippen LogP contribution in [0.1, 0.15) is 18.4 Å². The zero-order valence-electron chi connectivity index (χ0n) is 17.0. The Morgan fingerprint density at radius 3 is 2.74 bits per heavy atom. The van der Waals surface area contributed by atoms with Crippen molar-refractivity contribution in [2.45, 2.75) is 31.7 Å². The quantitative estimate of drug-likeness (QED) is 0.281. The van der Waals surface area contributed by atoms with E-state index in [0.717, 1.165) is 18.6 Å². The molecule has 2 atom stereocenters. The van der Waals surface area contributed by atoms with E-state index in [2.05, 4.69) is 20.6 Å². The molecule has 1 aliphatic rings. The number of halogens is 3. The Hall–Kier alpha value is -2.98. The Bertz CT molecular complexity index is 854. The molecule has 1 aromatic carbocycles. The van der Waals surface area contributed by atoms with E-state index in [4.69, 9.17) is 9.84 Å². The number of carbonyl (C=O) groups is 1. The van der Waals surface area contributed by atoms with Crippen LogP contribution in [0.4, 0.5) is 13.2 Å². The zero-order valence-corrected chi connectivity index (χ0v) is 17.0. The highest BCUT2D eigenvalue weighted by Crippen LogP contribution is 2.21. The minimum absolute atomic E-state index is 0.0247. The smallest absolute Gasteiger partial charge is 0.268 e. The van der Waals surface area contributed by atoms with Gasteiger partial charge in [0, 0.05) is 25.6 Å². The van der Waals surface area contributed by atoms with E-state index in [0.29, 0.717) is 12.0 Å². The molecule has 7 nitrogen and oxygen atoms in total. The predicted octanol–water partition coefficient (Wildman–Crippen LogP) is 2.33. The number of nitrogens with zero attached hydrogens (tertiary/aromatic N) is 2. The van der Waals surface area contributed by atoms with Gasteiger partial charge in [0.2, 0.25) is 0 Å². The van der Waals surface area contributed by atoms with Crippen LogP contribution in [0.5, 0.6) is 0 Å². The van der Waals surface area contributed by atoms with E-state index in [-0.39, 0.29) is 43.4 Å². The number of carbonyl (C=O) groups excluding carboxylic acids is 1. The van der Waals surface area contributed by atoms with Crippen LogP contribution in [0.25, 0.3) is 0 Å². The monoisotopic (exact) mass is 438 g/mol. The molecule has 3 N–H and O–H groups in total. The minimum atomic E-state index is -1.49. The Kier molecular flexibility index (Phi) is 9.92. The van der Waals surface area contributed by atoms with Gasteiger partial charge in [0.1, 0.15) is 29.3 Å². The largest absolute Gasteiger partial charge is 0.450 e. The maximum atomic E-state index is 13.4. The fraction of sp³-hybridized carbons (Fsp3) is 0.381. The van der Waals surface area contributed by atoms with Gasteiger partial charge in [-0.15, -0.1) is 0 Å². The van der Waals surface area contributed by atoms with Gasteiger partial charge in [0.05, 0.1) is 6.54 Å². The van der Waals surface area contributed by atoms with Crippen LogP contribution < -0.4 is 10.6 Å². The molecular formula is C21H25F3N4O3. The van der Waals surface area contributed by atoms with Crippen molar-refractivity contribution in [1.29, 1.82) is 0 Å². The first-order chi connectivity index (χ1) is 14.9. The average molecular weight is 438 g/mol.